The van der Waals surface area contributed by atoms with Crippen LogP contribution in [0.2, 0.25) is 0 Å². The first-order valence-corrected chi connectivity index (χ1v) is 7.66. The van der Waals surface area contributed by atoms with Crippen molar-refractivity contribution in [3.8, 4) is 0 Å². The number of hydrogen-bond acceptors (Lipinski definition) is 2. The summed E-state index contributed by atoms with van der Waals surface area (Å²) in [5.74, 6) is 0.00522. The van der Waals surface area contributed by atoms with Crippen LogP contribution in [-0.2, 0) is 11.2 Å². The maximum Gasteiger partial charge on any atom is 0.319 e. The molecule has 0 saturated heterocycles. The predicted molar refractivity (Wildman–Crippen MR) is 97.2 cm³/mol. The minimum atomic E-state index is -0.289. The Morgan fingerprint density at radius 3 is 2.38 bits per heavy atom. The monoisotopic (exact) mass is 323 g/mol. The van der Waals surface area contributed by atoms with Gasteiger partial charge >= 0.3 is 6.03 Å². The topological polar surface area (TPSA) is 61.4 Å². The number of benzene rings is 2. The minimum absolute atomic E-state index is 0.00522. The number of carbonyl (C=O) groups excluding carboxylic acids is 2. The number of nitrogens with one attached hydrogen (secondary N) is 2. The molecule has 2 aromatic carbocycles. The van der Waals surface area contributed by atoms with E-state index >= 15 is 0 Å². The lowest BCUT2D eigenvalue weighted by Crippen LogP contribution is -2.28. The second-order valence-corrected chi connectivity index (χ2v) is 5.29. The summed E-state index contributed by atoms with van der Waals surface area (Å²) >= 11 is 0. The first-order valence-electron chi connectivity index (χ1n) is 7.66. The number of para-hydroxylation sites is 1. The maximum atomic E-state index is 12.3. The zero-order chi connectivity index (χ0) is 17.4. The zero-order valence-electron chi connectivity index (χ0n) is 13.7. The van der Waals surface area contributed by atoms with Crippen LogP contribution in [0.4, 0.5) is 16.2 Å². The number of urea groups is 1. The highest BCUT2D eigenvalue weighted by Gasteiger charge is 2.11. The van der Waals surface area contributed by atoms with Crippen LogP contribution in [0.5, 0.6) is 0 Å². The smallest absolute Gasteiger partial charge is 0.319 e. The van der Waals surface area contributed by atoms with Crippen molar-refractivity contribution in [2.24, 2.45) is 0 Å². The SMILES string of the molecule is C=CCNC(=O)Nc1ccc(CC(=O)N(C)c2ccccc2)cc1. The lowest BCUT2D eigenvalue weighted by Gasteiger charge is -2.17. The first-order chi connectivity index (χ1) is 11.6. The molecular formula is C19H21N3O2. The van der Waals surface area contributed by atoms with Crippen LogP contribution in [0.1, 0.15) is 5.56 Å². The largest absolute Gasteiger partial charge is 0.334 e. The van der Waals surface area contributed by atoms with Crippen molar-refractivity contribution in [3.63, 3.8) is 0 Å². The van der Waals surface area contributed by atoms with Crippen molar-refractivity contribution in [3.05, 3.63) is 72.8 Å². The maximum absolute atomic E-state index is 12.3. The Labute approximate surface area is 142 Å². The molecule has 2 N–H and O–H groups in total. The highest BCUT2D eigenvalue weighted by atomic mass is 16.2. The molecular weight excluding hydrogens is 302 g/mol. The summed E-state index contributed by atoms with van der Waals surface area (Å²) in [4.78, 5) is 25.5. The van der Waals surface area contributed by atoms with Gasteiger partial charge in [0, 0.05) is 25.0 Å². The van der Waals surface area contributed by atoms with Crippen LogP contribution in [0, 0.1) is 0 Å². The molecule has 5 nitrogen and oxygen atoms in total. The van der Waals surface area contributed by atoms with Crippen molar-refractivity contribution in [1.29, 1.82) is 0 Å². The summed E-state index contributed by atoms with van der Waals surface area (Å²) < 4.78 is 0. The standard InChI is InChI=1S/C19H21N3O2/c1-3-13-20-19(24)21-16-11-9-15(10-12-16)14-18(23)22(2)17-7-5-4-6-8-17/h3-12H,1,13-14H2,2H3,(H2,20,21,24). The molecule has 124 valence electrons. The van der Waals surface area contributed by atoms with Gasteiger partial charge in [-0.2, -0.15) is 0 Å². The average Bonchev–Trinajstić information content (AvgIpc) is 2.61. The second kappa shape index (κ2) is 8.53. The van der Waals surface area contributed by atoms with Crippen LogP contribution >= 0.6 is 0 Å². The fourth-order valence-corrected chi connectivity index (χ4v) is 2.13. The van der Waals surface area contributed by atoms with E-state index in [0.717, 1.165) is 11.3 Å². The van der Waals surface area contributed by atoms with E-state index in [1.54, 1.807) is 30.2 Å². The molecule has 0 saturated carbocycles. The van der Waals surface area contributed by atoms with E-state index in [1.807, 2.05) is 42.5 Å². The van der Waals surface area contributed by atoms with Gasteiger partial charge in [0.05, 0.1) is 6.42 Å². The van der Waals surface area contributed by atoms with Crippen molar-refractivity contribution in [2.75, 3.05) is 23.8 Å². The van der Waals surface area contributed by atoms with Gasteiger partial charge in [0.25, 0.3) is 0 Å². The van der Waals surface area contributed by atoms with Crippen molar-refractivity contribution >= 4 is 23.3 Å². The van der Waals surface area contributed by atoms with E-state index in [9.17, 15) is 9.59 Å². The molecule has 3 amide bonds. The molecule has 0 radical (unpaired) electrons. The third-order valence-electron chi connectivity index (χ3n) is 3.49. The predicted octanol–water partition coefficient (Wildman–Crippen LogP) is 3.20. The Hall–Kier alpha value is -3.08. The minimum Gasteiger partial charge on any atom is -0.334 e. The van der Waals surface area contributed by atoms with Crippen LogP contribution in [0.25, 0.3) is 0 Å². The second-order valence-electron chi connectivity index (χ2n) is 5.29. The quantitative estimate of drug-likeness (QED) is 0.802. The molecule has 2 rings (SSSR count). The van der Waals surface area contributed by atoms with Gasteiger partial charge in [-0.3, -0.25) is 4.79 Å². The molecule has 0 unspecified atom stereocenters. The molecule has 5 heteroatoms. The van der Waals surface area contributed by atoms with E-state index in [2.05, 4.69) is 17.2 Å². The molecule has 0 aliphatic carbocycles. The molecule has 2 aromatic rings. The Bertz CT molecular complexity index is 696. The van der Waals surface area contributed by atoms with Crippen LogP contribution in [-0.4, -0.2) is 25.5 Å². The van der Waals surface area contributed by atoms with Crippen LogP contribution in [0.15, 0.2) is 67.3 Å². The number of anilines is 2. The Kier molecular flexibility index (Phi) is 6.14. The van der Waals surface area contributed by atoms with Crippen LogP contribution < -0.4 is 15.5 Å². The lowest BCUT2D eigenvalue weighted by molar-refractivity contribution is -0.117. The van der Waals surface area contributed by atoms with E-state index in [0.29, 0.717) is 18.7 Å². The highest BCUT2D eigenvalue weighted by Crippen LogP contribution is 2.14. The fourth-order valence-electron chi connectivity index (χ4n) is 2.13. The molecule has 0 bridgehead atoms. The number of amides is 3. The fraction of sp³-hybridized carbons (Fsp3) is 0.158. The van der Waals surface area contributed by atoms with Crippen molar-refractivity contribution in [1.82, 2.24) is 5.32 Å². The molecule has 0 aliphatic rings. The van der Waals surface area contributed by atoms with Crippen molar-refractivity contribution in [2.45, 2.75) is 6.42 Å². The number of carbonyl (C=O) groups is 2. The Morgan fingerprint density at radius 1 is 1.08 bits per heavy atom. The molecule has 0 aromatic heterocycles. The Morgan fingerprint density at radius 2 is 1.75 bits per heavy atom. The number of nitrogens with zero attached hydrogens (tertiary/aromatic N) is 1. The highest BCUT2D eigenvalue weighted by molar-refractivity contribution is 5.94. The third-order valence-corrected chi connectivity index (χ3v) is 3.49. The van der Waals surface area contributed by atoms with Gasteiger partial charge in [-0.25, -0.2) is 4.79 Å². The summed E-state index contributed by atoms with van der Waals surface area (Å²) in [6.07, 6.45) is 1.91. The molecule has 0 atom stereocenters. The number of likely N-dealkylation sites (N-methyl/N-ethyl adjacent to an activating group) is 1. The van der Waals surface area contributed by atoms with E-state index in [1.165, 1.54) is 0 Å². The molecule has 0 spiro atoms. The van der Waals surface area contributed by atoms with E-state index in [4.69, 9.17) is 0 Å². The van der Waals surface area contributed by atoms with Gasteiger partial charge in [-0.1, -0.05) is 36.4 Å². The van der Waals surface area contributed by atoms with E-state index in [-0.39, 0.29) is 11.9 Å². The molecule has 0 aliphatic heterocycles. The molecule has 0 fully saturated rings. The van der Waals surface area contributed by atoms with Crippen LogP contribution in [0.3, 0.4) is 0 Å². The van der Waals surface area contributed by atoms with Gasteiger partial charge in [0.1, 0.15) is 0 Å². The summed E-state index contributed by atoms with van der Waals surface area (Å²) in [5.41, 5.74) is 2.42. The summed E-state index contributed by atoms with van der Waals surface area (Å²) in [5, 5.41) is 5.34. The van der Waals surface area contributed by atoms with Gasteiger partial charge in [-0.05, 0) is 29.8 Å². The normalized spacial score (nSPS) is 9.88. The zero-order valence-corrected chi connectivity index (χ0v) is 13.7. The van der Waals surface area contributed by atoms with Crippen molar-refractivity contribution < 1.29 is 9.59 Å². The molecule has 24 heavy (non-hydrogen) atoms. The van der Waals surface area contributed by atoms with E-state index < -0.39 is 0 Å². The summed E-state index contributed by atoms with van der Waals surface area (Å²) in [7, 11) is 1.76. The van der Waals surface area contributed by atoms with Gasteiger partial charge in [-0.15, -0.1) is 6.58 Å². The molecule has 0 heterocycles. The Balaban J connectivity index is 1.92. The van der Waals surface area contributed by atoms with Gasteiger partial charge in [0.2, 0.25) is 5.91 Å². The lowest BCUT2D eigenvalue weighted by atomic mass is 10.1. The first kappa shape index (κ1) is 17.3. The van der Waals surface area contributed by atoms with Gasteiger partial charge < -0.3 is 15.5 Å². The average molecular weight is 323 g/mol. The number of rotatable bonds is 6. The number of hydrogen-bond donors (Lipinski definition) is 2. The summed E-state index contributed by atoms with van der Waals surface area (Å²) in [6.45, 7) is 3.94. The summed E-state index contributed by atoms with van der Waals surface area (Å²) in [6, 6.07) is 16.4. The third kappa shape index (κ3) is 4.98. The van der Waals surface area contributed by atoms with Gasteiger partial charge in [0.15, 0.2) is 0 Å².